The molecule has 0 aliphatic carbocycles. The van der Waals surface area contributed by atoms with Gasteiger partial charge >= 0.3 is 5.97 Å². The van der Waals surface area contributed by atoms with Crippen molar-refractivity contribution >= 4 is 47.2 Å². The zero-order chi connectivity index (χ0) is 28.0. The number of rotatable bonds is 17. The van der Waals surface area contributed by atoms with Gasteiger partial charge in [-0.15, -0.1) is 0 Å². The number of aromatic hydroxyl groups is 1. The molecule has 0 heterocycles. The van der Waals surface area contributed by atoms with Gasteiger partial charge < -0.3 is 31.9 Å². The molecule has 4 atom stereocenters. The lowest BCUT2D eigenvalue weighted by Gasteiger charge is -2.26. The molecule has 0 aliphatic rings. The summed E-state index contributed by atoms with van der Waals surface area (Å²) in [5, 5.41) is 27.1. The second-order valence-electron chi connectivity index (χ2n) is 9.19. The number of thioether (sulfide) groups is 2. The van der Waals surface area contributed by atoms with Gasteiger partial charge in [-0.2, -0.15) is 23.5 Å². The van der Waals surface area contributed by atoms with Gasteiger partial charge in [0.15, 0.2) is 0 Å². The standard InChI is InChI=1S/C25H40N4O6S2/c1-15(2)13-20(28-22(31)18(26)9-11-36-3)23(32)29-21(14-16-5-7-17(30)8-6-16)24(33)27-19(25(34)35)10-12-37-4/h5-8,15,18-21,30H,9-14,26H2,1-4H3,(H,27,33)(H,28,31)(H,29,32)(H,34,35). The molecule has 1 aromatic carbocycles. The van der Waals surface area contributed by atoms with Crippen LogP contribution in [0, 0.1) is 5.92 Å². The highest BCUT2D eigenvalue weighted by atomic mass is 32.2. The molecule has 12 heteroatoms. The van der Waals surface area contributed by atoms with Gasteiger partial charge in [-0.25, -0.2) is 4.79 Å². The molecule has 0 radical (unpaired) electrons. The van der Waals surface area contributed by atoms with E-state index in [-0.39, 0.29) is 24.5 Å². The first kappa shape index (κ1) is 32.6. The fraction of sp³-hybridized carbons (Fsp3) is 0.600. The molecule has 0 aromatic heterocycles. The molecule has 37 heavy (non-hydrogen) atoms. The van der Waals surface area contributed by atoms with E-state index in [9.17, 15) is 29.4 Å². The lowest BCUT2D eigenvalue weighted by atomic mass is 10.0. The monoisotopic (exact) mass is 556 g/mol. The number of carboxylic acid groups (broad SMARTS) is 1. The third kappa shape index (κ3) is 12.6. The van der Waals surface area contributed by atoms with Gasteiger partial charge in [0, 0.05) is 6.42 Å². The minimum absolute atomic E-state index is 0.0503. The summed E-state index contributed by atoms with van der Waals surface area (Å²) in [6.45, 7) is 3.81. The van der Waals surface area contributed by atoms with Crippen molar-refractivity contribution in [2.75, 3.05) is 24.0 Å². The molecule has 7 N–H and O–H groups in total. The number of carbonyl (C=O) groups is 4. The maximum atomic E-state index is 13.3. The molecule has 4 unspecified atom stereocenters. The van der Waals surface area contributed by atoms with Crippen LogP contribution in [0.15, 0.2) is 24.3 Å². The minimum Gasteiger partial charge on any atom is -0.508 e. The number of aliphatic carboxylic acids is 1. The maximum Gasteiger partial charge on any atom is 0.326 e. The number of benzene rings is 1. The number of amides is 3. The molecule has 0 saturated heterocycles. The highest BCUT2D eigenvalue weighted by Gasteiger charge is 2.30. The topological polar surface area (TPSA) is 171 Å². The Bertz CT molecular complexity index is 884. The Morgan fingerprint density at radius 2 is 1.35 bits per heavy atom. The Balaban J connectivity index is 3.11. The van der Waals surface area contributed by atoms with Gasteiger partial charge in [0.2, 0.25) is 17.7 Å². The molecule has 1 rings (SSSR count). The van der Waals surface area contributed by atoms with Crippen molar-refractivity contribution in [2.24, 2.45) is 11.7 Å². The number of hydrogen-bond acceptors (Lipinski definition) is 8. The highest BCUT2D eigenvalue weighted by Crippen LogP contribution is 2.13. The van der Waals surface area contributed by atoms with Crippen molar-refractivity contribution < 1.29 is 29.4 Å². The SMILES string of the molecule is CSCCC(N)C(=O)NC(CC(C)C)C(=O)NC(Cc1ccc(O)cc1)C(=O)NC(CCSC)C(=O)O. The molecule has 208 valence electrons. The van der Waals surface area contributed by atoms with E-state index in [1.165, 1.54) is 23.9 Å². The normalized spacial score (nSPS) is 14.3. The van der Waals surface area contributed by atoms with Crippen LogP contribution in [0.3, 0.4) is 0 Å². The van der Waals surface area contributed by atoms with E-state index in [1.54, 1.807) is 23.9 Å². The van der Waals surface area contributed by atoms with E-state index in [0.29, 0.717) is 29.9 Å². The van der Waals surface area contributed by atoms with Crippen molar-refractivity contribution in [3.05, 3.63) is 29.8 Å². The van der Waals surface area contributed by atoms with Crippen LogP contribution < -0.4 is 21.7 Å². The Labute approximate surface area is 227 Å². The van der Waals surface area contributed by atoms with E-state index in [0.717, 1.165) is 0 Å². The number of hydrogen-bond donors (Lipinski definition) is 6. The summed E-state index contributed by atoms with van der Waals surface area (Å²) in [4.78, 5) is 50.7. The van der Waals surface area contributed by atoms with Crippen molar-refractivity contribution in [2.45, 2.75) is 63.7 Å². The lowest BCUT2D eigenvalue weighted by Crippen LogP contribution is -2.58. The predicted molar refractivity (Wildman–Crippen MR) is 149 cm³/mol. The van der Waals surface area contributed by atoms with Gasteiger partial charge in [0.1, 0.15) is 23.9 Å². The Kier molecular flexibility index (Phi) is 15.1. The fourth-order valence-electron chi connectivity index (χ4n) is 3.47. The summed E-state index contributed by atoms with van der Waals surface area (Å²) in [7, 11) is 0. The fourth-order valence-corrected chi connectivity index (χ4v) is 4.43. The summed E-state index contributed by atoms with van der Waals surface area (Å²) in [5.41, 5.74) is 6.62. The Morgan fingerprint density at radius 1 is 0.838 bits per heavy atom. The first-order valence-electron chi connectivity index (χ1n) is 12.1. The van der Waals surface area contributed by atoms with Crippen LogP contribution in [0.5, 0.6) is 5.75 Å². The third-order valence-electron chi connectivity index (χ3n) is 5.54. The number of nitrogens with one attached hydrogen (secondary N) is 3. The second-order valence-corrected chi connectivity index (χ2v) is 11.2. The van der Waals surface area contributed by atoms with Crippen LogP contribution in [-0.4, -0.2) is 82.1 Å². The summed E-state index contributed by atoms with van der Waals surface area (Å²) < 4.78 is 0. The van der Waals surface area contributed by atoms with Crippen molar-refractivity contribution in [3.63, 3.8) is 0 Å². The molecule has 0 aliphatic heterocycles. The smallest absolute Gasteiger partial charge is 0.326 e. The number of carbonyl (C=O) groups excluding carboxylic acids is 3. The van der Waals surface area contributed by atoms with E-state index in [2.05, 4.69) is 16.0 Å². The van der Waals surface area contributed by atoms with Crippen LogP contribution in [0.25, 0.3) is 0 Å². The summed E-state index contributed by atoms with van der Waals surface area (Å²) in [6.07, 6.45) is 4.82. The molecule has 0 fully saturated rings. The van der Waals surface area contributed by atoms with Crippen LogP contribution in [0.2, 0.25) is 0 Å². The zero-order valence-corrected chi connectivity index (χ0v) is 23.5. The van der Waals surface area contributed by atoms with E-state index in [4.69, 9.17) is 5.73 Å². The predicted octanol–water partition coefficient (Wildman–Crippen LogP) is 1.35. The first-order valence-corrected chi connectivity index (χ1v) is 14.9. The average Bonchev–Trinajstić information content (AvgIpc) is 2.84. The van der Waals surface area contributed by atoms with E-state index >= 15 is 0 Å². The Morgan fingerprint density at radius 3 is 1.89 bits per heavy atom. The van der Waals surface area contributed by atoms with Crippen LogP contribution in [-0.2, 0) is 25.6 Å². The summed E-state index contributed by atoms with van der Waals surface area (Å²) in [6, 6.07) is 2.24. The van der Waals surface area contributed by atoms with E-state index < -0.39 is 47.9 Å². The number of carboxylic acids is 1. The molecular formula is C25H40N4O6S2. The van der Waals surface area contributed by atoms with Crippen LogP contribution >= 0.6 is 23.5 Å². The minimum atomic E-state index is -1.17. The molecule has 0 saturated carbocycles. The molecule has 1 aromatic rings. The Hall–Kier alpha value is -2.44. The first-order chi connectivity index (χ1) is 17.5. The highest BCUT2D eigenvalue weighted by molar-refractivity contribution is 7.98. The molecule has 10 nitrogen and oxygen atoms in total. The summed E-state index contributed by atoms with van der Waals surface area (Å²) in [5.74, 6) is -1.48. The molecule has 0 spiro atoms. The number of phenolic OH excluding ortho intramolecular Hbond substituents is 1. The van der Waals surface area contributed by atoms with Crippen LogP contribution in [0.1, 0.15) is 38.7 Å². The van der Waals surface area contributed by atoms with Gasteiger partial charge in [-0.3, -0.25) is 14.4 Å². The van der Waals surface area contributed by atoms with Crippen molar-refractivity contribution in [3.8, 4) is 5.75 Å². The van der Waals surface area contributed by atoms with Gasteiger partial charge in [0.05, 0.1) is 6.04 Å². The van der Waals surface area contributed by atoms with Crippen molar-refractivity contribution in [1.29, 1.82) is 0 Å². The quantitative estimate of drug-likeness (QED) is 0.166. The molecule has 3 amide bonds. The number of phenols is 1. The van der Waals surface area contributed by atoms with Gasteiger partial charge in [-0.1, -0.05) is 26.0 Å². The third-order valence-corrected chi connectivity index (χ3v) is 6.83. The van der Waals surface area contributed by atoms with Gasteiger partial charge in [0.25, 0.3) is 0 Å². The average molecular weight is 557 g/mol. The molecular weight excluding hydrogens is 516 g/mol. The van der Waals surface area contributed by atoms with Crippen LogP contribution in [0.4, 0.5) is 0 Å². The van der Waals surface area contributed by atoms with Gasteiger partial charge in [-0.05, 0) is 66.9 Å². The lowest BCUT2D eigenvalue weighted by molar-refractivity contribution is -0.142. The molecule has 0 bridgehead atoms. The van der Waals surface area contributed by atoms with Crippen molar-refractivity contribution in [1.82, 2.24) is 16.0 Å². The second kappa shape index (κ2) is 17.1. The zero-order valence-electron chi connectivity index (χ0n) is 21.9. The maximum absolute atomic E-state index is 13.3. The number of nitrogens with two attached hydrogens (primary N) is 1. The van der Waals surface area contributed by atoms with E-state index in [1.807, 2.05) is 26.4 Å². The summed E-state index contributed by atoms with van der Waals surface area (Å²) >= 11 is 3.03. The largest absolute Gasteiger partial charge is 0.508 e.